The Bertz CT molecular complexity index is 2380. The molecule has 0 aliphatic carbocycles. The van der Waals surface area contributed by atoms with Crippen molar-refractivity contribution in [3.8, 4) is 0 Å². The van der Waals surface area contributed by atoms with Crippen molar-refractivity contribution in [1.82, 2.24) is 0 Å². The smallest absolute Gasteiger partial charge is 0.744 e. The van der Waals surface area contributed by atoms with Crippen molar-refractivity contribution in [2.75, 3.05) is 0 Å². The van der Waals surface area contributed by atoms with Gasteiger partial charge in [-0.3, -0.25) is 0 Å². The Morgan fingerprint density at radius 2 is 0.262 bits per heavy atom. The zero-order chi connectivity index (χ0) is 47.9. The van der Waals surface area contributed by atoms with E-state index in [4.69, 9.17) is 0 Å². The zero-order valence-electron chi connectivity index (χ0n) is 26.6. The van der Waals surface area contributed by atoms with Gasteiger partial charge in [0.15, 0.2) is 93.1 Å². The second-order valence-corrected chi connectivity index (χ2v) is 14.7. The summed E-state index contributed by atoms with van der Waals surface area (Å²) in [6.07, 6.45) is 0. The van der Waals surface area contributed by atoms with Gasteiger partial charge >= 0.3 is 23.9 Å². The number of hydrogen-bond acceptors (Lipinski definition) is 12. The fourth-order valence-corrected chi connectivity index (χ4v) is 5.69. The van der Waals surface area contributed by atoms with E-state index in [9.17, 15) is 140 Å². The third kappa shape index (κ3) is 12.1. The fraction of sp³-hybridized carbons (Fsp3) is 0. The van der Waals surface area contributed by atoms with Crippen LogP contribution in [0.2, 0.25) is 0 Å². The topological polar surface area (TPSA) is 229 Å². The number of benzene rings is 4. The Balaban J connectivity index is 0.000000783. The van der Waals surface area contributed by atoms with E-state index in [-0.39, 0.29) is 23.9 Å². The summed E-state index contributed by atoms with van der Waals surface area (Å²) in [5.74, 6) is -51.3. The van der Waals surface area contributed by atoms with Crippen molar-refractivity contribution >= 4 is 64.4 Å². The van der Waals surface area contributed by atoms with Gasteiger partial charge in [0.2, 0.25) is 23.3 Å². The van der Waals surface area contributed by atoms with Gasteiger partial charge < -0.3 is 18.2 Å². The molecule has 0 saturated carbocycles. The molecular weight excluding hydrogens is 1110 g/mol. The standard InChI is InChI=1S/4C6HF5O3S.Sn/c4*7-1-2(8)4(10)6(15(12,13)14)5(11)3(1)9;/h4*(H,12,13,14);/q;;;;+4/p-4. The summed E-state index contributed by atoms with van der Waals surface area (Å²) < 4.78 is 372. The third-order valence-corrected chi connectivity index (χ3v) is 9.11. The van der Waals surface area contributed by atoms with Crippen LogP contribution in [0.25, 0.3) is 0 Å². The number of hydrogen-bond donors (Lipinski definition) is 0. The molecule has 37 heteroatoms. The van der Waals surface area contributed by atoms with E-state index in [0.717, 1.165) is 0 Å². The maximum Gasteiger partial charge on any atom is 4.00 e. The van der Waals surface area contributed by atoms with Crippen LogP contribution in [-0.4, -0.2) is 75.8 Å². The van der Waals surface area contributed by atoms with Crippen LogP contribution in [0.5, 0.6) is 0 Å². The monoisotopic (exact) mass is 1110 g/mol. The van der Waals surface area contributed by atoms with E-state index in [2.05, 4.69) is 0 Å². The molecule has 4 rings (SSSR count). The Hall–Kier alpha value is -4.08. The molecule has 0 atom stereocenters. The van der Waals surface area contributed by atoms with Crippen LogP contribution < -0.4 is 0 Å². The van der Waals surface area contributed by atoms with Gasteiger partial charge in [-0.25, -0.2) is 121 Å². The molecular formula is C24F20O12S4Sn. The van der Waals surface area contributed by atoms with Gasteiger partial charge in [0.1, 0.15) is 60.1 Å². The molecule has 336 valence electrons. The molecule has 0 saturated heterocycles. The van der Waals surface area contributed by atoms with Crippen molar-refractivity contribution in [3.05, 3.63) is 116 Å². The predicted molar refractivity (Wildman–Crippen MR) is 143 cm³/mol. The largest absolute Gasteiger partial charge is 4.00 e. The summed E-state index contributed by atoms with van der Waals surface area (Å²) in [5, 5.41) is 0. The molecule has 0 radical (unpaired) electrons. The summed E-state index contributed by atoms with van der Waals surface area (Å²) in [4.78, 5) is -9.50. The first-order valence-electron chi connectivity index (χ1n) is 12.6. The first kappa shape index (κ1) is 56.9. The Morgan fingerprint density at radius 1 is 0.197 bits per heavy atom. The number of rotatable bonds is 4. The minimum atomic E-state index is -5.77. The van der Waals surface area contributed by atoms with Crippen LogP contribution >= 0.6 is 0 Å². The molecule has 0 spiro atoms. The third-order valence-electron chi connectivity index (χ3n) is 5.68. The van der Waals surface area contributed by atoms with E-state index < -0.39 is 176 Å². The molecule has 0 unspecified atom stereocenters. The molecule has 4 aromatic carbocycles. The Kier molecular flexibility index (Phi) is 18.6. The van der Waals surface area contributed by atoms with Crippen LogP contribution in [0.4, 0.5) is 87.8 Å². The van der Waals surface area contributed by atoms with Gasteiger partial charge in [0.25, 0.3) is 0 Å². The van der Waals surface area contributed by atoms with Gasteiger partial charge in [-0.1, -0.05) is 0 Å². The molecule has 61 heavy (non-hydrogen) atoms. The molecule has 12 nitrogen and oxygen atoms in total. The Morgan fingerprint density at radius 3 is 0.328 bits per heavy atom. The average Bonchev–Trinajstić information content (AvgIpc) is 3.10. The minimum Gasteiger partial charge on any atom is -0.744 e. The molecule has 4 aromatic rings. The molecule has 0 bridgehead atoms. The maximum absolute atomic E-state index is 12.6. The Labute approximate surface area is 339 Å². The van der Waals surface area contributed by atoms with Crippen molar-refractivity contribution in [1.29, 1.82) is 0 Å². The molecule has 0 fully saturated rings. The van der Waals surface area contributed by atoms with Crippen molar-refractivity contribution < 1.29 is 140 Å². The summed E-state index contributed by atoms with van der Waals surface area (Å²) in [6, 6.07) is 0. The maximum atomic E-state index is 12.6. The molecule has 0 aliphatic rings. The first-order valence-corrected chi connectivity index (χ1v) is 18.2. The first-order chi connectivity index (χ1) is 26.7. The molecule has 0 aliphatic heterocycles. The van der Waals surface area contributed by atoms with E-state index in [1.54, 1.807) is 0 Å². The van der Waals surface area contributed by atoms with Crippen molar-refractivity contribution in [2.24, 2.45) is 0 Å². The van der Waals surface area contributed by atoms with Crippen molar-refractivity contribution in [3.63, 3.8) is 0 Å². The molecule has 0 amide bonds. The fourth-order valence-electron chi connectivity index (χ4n) is 3.22. The van der Waals surface area contributed by atoms with Gasteiger partial charge in [-0.2, -0.15) is 0 Å². The predicted octanol–water partition coefficient (Wildman–Crippen LogP) is 4.76. The second kappa shape index (κ2) is 20.0. The van der Waals surface area contributed by atoms with Gasteiger partial charge in [0.05, 0.1) is 0 Å². The summed E-state index contributed by atoms with van der Waals surface area (Å²) in [7, 11) is -23.1. The van der Waals surface area contributed by atoms with Crippen LogP contribution in [0.15, 0.2) is 19.6 Å². The normalized spacial score (nSPS) is 11.7. The van der Waals surface area contributed by atoms with Crippen LogP contribution in [0, 0.1) is 116 Å². The summed E-state index contributed by atoms with van der Waals surface area (Å²) in [6.45, 7) is 0. The van der Waals surface area contributed by atoms with E-state index in [0.29, 0.717) is 0 Å². The van der Waals surface area contributed by atoms with E-state index in [1.807, 2.05) is 0 Å². The van der Waals surface area contributed by atoms with Crippen LogP contribution in [0.1, 0.15) is 0 Å². The van der Waals surface area contributed by atoms with Crippen molar-refractivity contribution in [2.45, 2.75) is 19.6 Å². The second-order valence-electron chi connectivity index (χ2n) is 9.41. The summed E-state index contributed by atoms with van der Waals surface area (Å²) in [5.41, 5.74) is 0. The molecule has 0 aromatic heterocycles. The average molecular weight is 1110 g/mol. The zero-order valence-corrected chi connectivity index (χ0v) is 32.7. The van der Waals surface area contributed by atoms with Crippen LogP contribution in [0.3, 0.4) is 0 Å². The summed E-state index contributed by atoms with van der Waals surface area (Å²) >= 11 is 0. The van der Waals surface area contributed by atoms with Gasteiger partial charge in [0, 0.05) is 0 Å². The SMILES string of the molecule is O=S(=O)([O-])c1c(F)c(F)c(F)c(F)c1F.O=S(=O)([O-])c1c(F)c(F)c(F)c(F)c1F.O=S(=O)([O-])c1c(F)c(F)c(F)c(F)c1F.O=S(=O)([O-])c1c(F)c(F)c(F)c(F)c1F.[Sn+4]. The minimum absolute atomic E-state index is 0. The van der Waals surface area contributed by atoms with E-state index in [1.165, 1.54) is 0 Å². The van der Waals surface area contributed by atoms with E-state index >= 15 is 0 Å². The van der Waals surface area contributed by atoms with Crippen LogP contribution in [-0.2, 0) is 40.5 Å². The molecule has 0 heterocycles. The number of halogens is 20. The van der Waals surface area contributed by atoms with Gasteiger partial charge in [-0.05, 0) is 0 Å². The quantitative estimate of drug-likeness (QED) is 0.0886. The van der Waals surface area contributed by atoms with Gasteiger partial charge in [-0.15, -0.1) is 0 Å². The molecule has 0 N–H and O–H groups in total.